The summed E-state index contributed by atoms with van der Waals surface area (Å²) >= 11 is 8.95. The van der Waals surface area contributed by atoms with Crippen LogP contribution in [0.15, 0.2) is 40.9 Å². The smallest absolute Gasteiger partial charge is 0.167 e. The second-order valence-electron chi connectivity index (χ2n) is 3.96. The third-order valence-electron chi connectivity index (χ3n) is 2.58. The summed E-state index contributed by atoms with van der Waals surface area (Å²) in [7, 11) is 0. The molecule has 1 nitrogen and oxygen atoms in total. The first kappa shape index (κ1) is 14.2. The summed E-state index contributed by atoms with van der Waals surface area (Å²) < 4.78 is 27.2. The third-order valence-corrected chi connectivity index (χ3v) is 3.40. The fraction of sp³-hybridized carbons (Fsp3) is 0.0714. The van der Waals surface area contributed by atoms with Crippen molar-refractivity contribution in [2.45, 2.75) is 6.42 Å². The van der Waals surface area contributed by atoms with E-state index in [4.69, 9.17) is 11.6 Å². The molecule has 0 heterocycles. The Morgan fingerprint density at radius 1 is 1.21 bits per heavy atom. The van der Waals surface area contributed by atoms with E-state index in [0.29, 0.717) is 4.47 Å². The lowest BCUT2D eigenvalue weighted by Crippen LogP contribution is -2.06. The fourth-order valence-corrected chi connectivity index (χ4v) is 2.37. The molecule has 0 aliphatic rings. The maximum absolute atomic E-state index is 13.6. The van der Waals surface area contributed by atoms with Gasteiger partial charge in [0.1, 0.15) is 11.6 Å². The van der Waals surface area contributed by atoms with Crippen molar-refractivity contribution >= 4 is 33.3 Å². The lowest BCUT2D eigenvalue weighted by atomic mass is 10.0. The van der Waals surface area contributed by atoms with Crippen LogP contribution in [0.25, 0.3) is 0 Å². The van der Waals surface area contributed by atoms with Gasteiger partial charge in [-0.3, -0.25) is 4.79 Å². The van der Waals surface area contributed by atoms with Crippen LogP contribution >= 0.6 is 27.5 Å². The van der Waals surface area contributed by atoms with Crippen LogP contribution in [0.4, 0.5) is 8.78 Å². The van der Waals surface area contributed by atoms with E-state index in [1.165, 1.54) is 30.3 Å². The number of Topliss-reactive ketones (excluding diaryl/α,β-unsaturated/α-hetero) is 1. The molecule has 0 fully saturated rings. The summed E-state index contributed by atoms with van der Waals surface area (Å²) in [5.41, 5.74) is 0.292. The third kappa shape index (κ3) is 3.39. The Morgan fingerprint density at radius 2 is 1.95 bits per heavy atom. The molecule has 0 saturated carbocycles. The van der Waals surface area contributed by atoms with E-state index in [9.17, 15) is 13.6 Å². The predicted molar refractivity (Wildman–Crippen MR) is 73.5 cm³/mol. The first-order valence-corrected chi connectivity index (χ1v) is 6.56. The van der Waals surface area contributed by atoms with E-state index < -0.39 is 17.4 Å². The summed E-state index contributed by atoms with van der Waals surface area (Å²) in [5, 5.41) is 0.184. The van der Waals surface area contributed by atoms with Crippen molar-refractivity contribution in [2.24, 2.45) is 0 Å². The van der Waals surface area contributed by atoms with Gasteiger partial charge in [0, 0.05) is 27.0 Å². The number of benzene rings is 2. The Balaban J connectivity index is 2.31. The highest BCUT2D eigenvalue weighted by atomic mass is 79.9. The second-order valence-corrected chi connectivity index (χ2v) is 5.28. The largest absolute Gasteiger partial charge is 0.294 e. The van der Waals surface area contributed by atoms with Crippen LogP contribution in [0.2, 0.25) is 5.02 Å². The molecule has 2 rings (SSSR count). The molecular formula is C14H8BrClF2O. The fourth-order valence-electron chi connectivity index (χ4n) is 1.68. The first-order valence-electron chi connectivity index (χ1n) is 5.39. The number of carbonyl (C=O) groups excluding carboxylic acids is 1. The highest BCUT2D eigenvalue weighted by Crippen LogP contribution is 2.22. The molecule has 0 saturated heterocycles. The zero-order valence-corrected chi connectivity index (χ0v) is 11.9. The molecule has 0 unspecified atom stereocenters. The monoisotopic (exact) mass is 344 g/mol. The molecule has 0 amide bonds. The minimum Gasteiger partial charge on any atom is -0.294 e. The normalized spacial score (nSPS) is 10.5. The van der Waals surface area contributed by atoms with Crippen molar-refractivity contribution in [3.63, 3.8) is 0 Å². The SMILES string of the molecule is O=C(Cc1c(F)cccc1Cl)c1cc(F)cc(Br)c1. The van der Waals surface area contributed by atoms with Crippen LogP contribution in [-0.2, 0) is 6.42 Å². The average molecular weight is 346 g/mol. The maximum atomic E-state index is 13.6. The minimum absolute atomic E-state index is 0.120. The van der Waals surface area contributed by atoms with Gasteiger partial charge in [0.25, 0.3) is 0 Å². The van der Waals surface area contributed by atoms with Gasteiger partial charge in [-0.15, -0.1) is 0 Å². The van der Waals surface area contributed by atoms with E-state index in [1.807, 2.05) is 0 Å². The summed E-state index contributed by atoms with van der Waals surface area (Å²) in [5.74, 6) is -1.47. The molecule has 0 N–H and O–H groups in total. The van der Waals surface area contributed by atoms with Gasteiger partial charge in [0.05, 0.1) is 0 Å². The van der Waals surface area contributed by atoms with Crippen molar-refractivity contribution in [3.05, 3.63) is 68.7 Å². The average Bonchev–Trinajstić information content (AvgIpc) is 2.32. The molecule has 0 bridgehead atoms. The standard InChI is InChI=1S/C14H8BrClF2O/c15-9-4-8(5-10(17)6-9)14(19)7-11-12(16)2-1-3-13(11)18/h1-6H,7H2. The lowest BCUT2D eigenvalue weighted by Gasteiger charge is -2.06. The summed E-state index contributed by atoms with van der Waals surface area (Å²) in [6, 6.07) is 8.05. The van der Waals surface area contributed by atoms with Crippen molar-refractivity contribution in [2.75, 3.05) is 0 Å². The highest BCUT2D eigenvalue weighted by Gasteiger charge is 2.14. The summed E-state index contributed by atoms with van der Waals surface area (Å²) in [6.07, 6.45) is -0.207. The van der Waals surface area contributed by atoms with Gasteiger partial charge in [-0.2, -0.15) is 0 Å². The van der Waals surface area contributed by atoms with Gasteiger partial charge in [-0.25, -0.2) is 8.78 Å². The first-order chi connectivity index (χ1) is 8.97. The molecule has 0 radical (unpaired) electrons. The van der Waals surface area contributed by atoms with Gasteiger partial charge in [-0.05, 0) is 30.3 Å². The number of hydrogen-bond donors (Lipinski definition) is 0. The van der Waals surface area contributed by atoms with Crippen LogP contribution in [0, 0.1) is 11.6 Å². The van der Waals surface area contributed by atoms with Gasteiger partial charge in [0.15, 0.2) is 5.78 Å². The number of halogens is 4. The van der Waals surface area contributed by atoms with Crippen LogP contribution in [0.5, 0.6) is 0 Å². The van der Waals surface area contributed by atoms with E-state index in [-0.39, 0.29) is 22.6 Å². The Labute approximate surface area is 122 Å². The quantitative estimate of drug-likeness (QED) is 0.730. The van der Waals surface area contributed by atoms with Crippen LogP contribution in [-0.4, -0.2) is 5.78 Å². The molecular weight excluding hydrogens is 338 g/mol. The maximum Gasteiger partial charge on any atom is 0.167 e. The van der Waals surface area contributed by atoms with Crippen LogP contribution < -0.4 is 0 Å². The molecule has 0 atom stereocenters. The molecule has 98 valence electrons. The van der Waals surface area contributed by atoms with Crippen molar-refractivity contribution < 1.29 is 13.6 Å². The number of carbonyl (C=O) groups is 1. The predicted octanol–water partition coefficient (Wildman–Crippen LogP) is 4.81. The van der Waals surface area contributed by atoms with Crippen molar-refractivity contribution in [3.8, 4) is 0 Å². The van der Waals surface area contributed by atoms with E-state index in [1.54, 1.807) is 0 Å². The summed E-state index contributed by atoms with van der Waals surface area (Å²) in [6.45, 7) is 0. The minimum atomic E-state index is -0.545. The van der Waals surface area contributed by atoms with E-state index >= 15 is 0 Å². The summed E-state index contributed by atoms with van der Waals surface area (Å²) in [4.78, 5) is 12.0. The van der Waals surface area contributed by atoms with E-state index in [0.717, 1.165) is 6.07 Å². The number of ketones is 1. The molecule has 5 heteroatoms. The van der Waals surface area contributed by atoms with Gasteiger partial charge in [-0.1, -0.05) is 33.6 Å². The second kappa shape index (κ2) is 5.80. The van der Waals surface area contributed by atoms with E-state index in [2.05, 4.69) is 15.9 Å². The topological polar surface area (TPSA) is 17.1 Å². The molecule has 2 aromatic carbocycles. The lowest BCUT2D eigenvalue weighted by molar-refractivity contribution is 0.0991. The van der Waals surface area contributed by atoms with Gasteiger partial charge >= 0.3 is 0 Å². The highest BCUT2D eigenvalue weighted by molar-refractivity contribution is 9.10. The molecule has 0 spiro atoms. The molecule has 0 aromatic heterocycles. The molecule has 19 heavy (non-hydrogen) atoms. The van der Waals surface area contributed by atoms with Gasteiger partial charge < -0.3 is 0 Å². The Morgan fingerprint density at radius 3 is 2.58 bits per heavy atom. The number of rotatable bonds is 3. The Kier molecular flexibility index (Phi) is 4.32. The zero-order valence-electron chi connectivity index (χ0n) is 9.59. The molecule has 0 aliphatic carbocycles. The Hall–Kier alpha value is -1.26. The number of hydrogen-bond acceptors (Lipinski definition) is 1. The molecule has 2 aromatic rings. The molecule has 0 aliphatic heterocycles. The van der Waals surface area contributed by atoms with Crippen LogP contribution in [0.1, 0.15) is 15.9 Å². The Bertz CT molecular complexity index is 603. The van der Waals surface area contributed by atoms with Crippen molar-refractivity contribution in [1.82, 2.24) is 0 Å². The van der Waals surface area contributed by atoms with Crippen LogP contribution in [0.3, 0.4) is 0 Å². The zero-order chi connectivity index (χ0) is 14.0. The van der Waals surface area contributed by atoms with Crippen molar-refractivity contribution in [1.29, 1.82) is 0 Å². The van der Waals surface area contributed by atoms with Gasteiger partial charge in [0.2, 0.25) is 0 Å².